The maximum absolute atomic E-state index is 12.4. The lowest BCUT2D eigenvalue weighted by Gasteiger charge is -2.08. The average molecular weight is 335 g/mol. The number of rotatable bonds is 2. The zero-order valence-electron chi connectivity index (χ0n) is 6.20. The Morgan fingerprint density at radius 3 is 2.62 bits per heavy atom. The average Bonchev–Trinajstić information content (AvgIpc) is 2.09. The third-order valence-corrected chi connectivity index (χ3v) is 3.28. The molecule has 0 aliphatic carbocycles. The van der Waals surface area contributed by atoms with Crippen molar-refractivity contribution in [3.05, 3.63) is 26.9 Å². The van der Waals surface area contributed by atoms with E-state index in [2.05, 4.69) is 36.8 Å². The van der Waals surface area contributed by atoms with Gasteiger partial charge >= 0.3 is 0 Å². The number of hydrogen-bond donors (Lipinski definition) is 0. The Morgan fingerprint density at radius 2 is 2.15 bits per heavy atom. The molecule has 0 aliphatic rings. The van der Waals surface area contributed by atoms with Crippen molar-refractivity contribution in [3.63, 3.8) is 0 Å². The molecule has 0 saturated carbocycles. The molecule has 0 fully saturated rings. The van der Waals surface area contributed by atoms with E-state index >= 15 is 0 Å². The third kappa shape index (κ3) is 2.39. The van der Waals surface area contributed by atoms with E-state index in [1.54, 1.807) is 0 Å². The van der Waals surface area contributed by atoms with Crippen LogP contribution in [0, 0.1) is 0 Å². The van der Waals surface area contributed by atoms with E-state index in [1.165, 1.54) is 0 Å². The van der Waals surface area contributed by atoms with Crippen molar-refractivity contribution in [1.29, 1.82) is 0 Å². The van der Waals surface area contributed by atoms with Crippen LogP contribution in [-0.2, 0) is 5.33 Å². The molecular weight excluding hydrogens is 331 g/mol. The van der Waals surface area contributed by atoms with Crippen molar-refractivity contribution in [3.8, 4) is 0 Å². The summed E-state index contributed by atoms with van der Waals surface area (Å²) in [7, 11) is 0. The summed E-state index contributed by atoms with van der Waals surface area (Å²) in [6.07, 6.45) is -1.43. The summed E-state index contributed by atoms with van der Waals surface area (Å²) in [6, 6.07) is 0. The zero-order chi connectivity index (χ0) is 10.0. The minimum atomic E-state index is -2.55. The topological polar surface area (TPSA) is 12.9 Å². The van der Waals surface area contributed by atoms with Crippen LogP contribution in [0.4, 0.5) is 8.78 Å². The van der Waals surface area contributed by atoms with Crippen LogP contribution in [0.2, 0.25) is 5.02 Å². The third-order valence-electron chi connectivity index (χ3n) is 1.48. The molecule has 1 heterocycles. The number of pyridine rings is 1. The van der Waals surface area contributed by atoms with Crippen molar-refractivity contribution >= 4 is 43.5 Å². The van der Waals surface area contributed by atoms with E-state index < -0.39 is 6.43 Å². The maximum Gasteiger partial charge on any atom is 0.265 e. The lowest BCUT2D eigenvalue weighted by Crippen LogP contribution is -1.96. The Labute approximate surface area is 95.8 Å². The van der Waals surface area contributed by atoms with Crippen LogP contribution in [0.3, 0.4) is 0 Å². The lowest BCUT2D eigenvalue weighted by atomic mass is 10.2. The second kappa shape index (κ2) is 4.66. The summed E-state index contributed by atoms with van der Waals surface area (Å²) in [5.74, 6) is 0. The molecule has 0 spiro atoms. The van der Waals surface area contributed by atoms with Crippen LogP contribution in [0.15, 0.2) is 10.8 Å². The molecule has 1 aromatic rings. The van der Waals surface area contributed by atoms with Gasteiger partial charge < -0.3 is 0 Å². The zero-order valence-corrected chi connectivity index (χ0v) is 10.1. The molecule has 0 atom stereocenters. The van der Waals surface area contributed by atoms with E-state index in [9.17, 15) is 8.78 Å². The van der Waals surface area contributed by atoms with Crippen molar-refractivity contribution in [2.75, 3.05) is 0 Å². The number of alkyl halides is 3. The SMILES string of the molecule is FC(F)c1cnc(Br)c(Cl)c1CBr. The number of aromatic nitrogens is 1. The van der Waals surface area contributed by atoms with Gasteiger partial charge in [0.1, 0.15) is 4.60 Å². The van der Waals surface area contributed by atoms with Crippen LogP contribution in [0.1, 0.15) is 17.6 Å². The van der Waals surface area contributed by atoms with Gasteiger partial charge in [-0.25, -0.2) is 13.8 Å². The van der Waals surface area contributed by atoms with E-state index in [0.717, 1.165) is 6.20 Å². The molecule has 0 aliphatic heterocycles. The number of nitrogens with zero attached hydrogens (tertiary/aromatic N) is 1. The highest BCUT2D eigenvalue weighted by Gasteiger charge is 2.17. The summed E-state index contributed by atoms with van der Waals surface area (Å²) in [5, 5.41) is 0.516. The molecule has 1 nitrogen and oxygen atoms in total. The van der Waals surface area contributed by atoms with Crippen molar-refractivity contribution in [2.45, 2.75) is 11.8 Å². The van der Waals surface area contributed by atoms with Crippen LogP contribution in [0.5, 0.6) is 0 Å². The normalized spacial score (nSPS) is 10.9. The highest BCUT2D eigenvalue weighted by Crippen LogP contribution is 2.33. The minimum Gasteiger partial charge on any atom is -0.247 e. The molecule has 1 aromatic heterocycles. The Bertz CT molecular complexity index is 320. The molecule has 0 amide bonds. The molecular formula is C7H4Br2ClF2N. The standard InChI is InChI=1S/C7H4Br2ClF2N/c8-1-3-4(7(11)12)2-13-6(9)5(3)10/h2,7H,1H2. The molecule has 0 aromatic carbocycles. The summed E-state index contributed by atoms with van der Waals surface area (Å²) in [4.78, 5) is 3.69. The minimum absolute atomic E-state index is 0.134. The lowest BCUT2D eigenvalue weighted by molar-refractivity contribution is 0.150. The van der Waals surface area contributed by atoms with Gasteiger partial charge in [0.2, 0.25) is 0 Å². The quantitative estimate of drug-likeness (QED) is 0.579. The van der Waals surface area contributed by atoms with Gasteiger partial charge in [0.25, 0.3) is 6.43 Å². The van der Waals surface area contributed by atoms with E-state index in [-0.39, 0.29) is 15.9 Å². The molecule has 0 N–H and O–H groups in total. The molecule has 1 rings (SSSR count). The van der Waals surface area contributed by atoms with Crippen molar-refractivity contribution in [2.24, 2.45) is 0 Å². The van der Waals surface area contributed by atoms with Crippen LogP contribution in [-0.4, -0.2) is 4.98 Å². The predicted octanol–water partition coefficient (Wildman–Crippen LogP) is 4.33. The molecule has 0 saturated heterocycles. The van der Waals surface area contributed by atoms with Gasteiger partial charge in [-0.15, -0.1) is 0 Å². The Hall–Kier alpha value is 0.260. The van der Waals surface area contributed by atoms with Crippen LogP contribution in [0.25, 0.3) is 0 Å². The van der Waals surface area contributed by atoms with Gasteiger partial charge in [0, 0.05) is 17.1 Å². The Kier molecular flexibility index (Phi) is 4.06. The fourth-order valence-corrected chi connectivity index (χ4v) is 2.17. The maximum atomic E-state index is 12.4. The summed E-state index contributed by atoms with van der Waals surface area (Å²) in [5.41, 5.74) is 0.239. The van der Waals surface area contributed by atoms with Crippen LogP contribution >= 0.6 is 43.5 Å². The Morgan fingerprint density at radius 1 is 1.54 bits per heavy atom. The van der Waals surface area contributed by atoms with Gasteiger partial charge in [0.05, 0.1) is 5.02 Å². The Balaban J connectivity index is 3.30. The second-order valence-corrected chi connectivity index (χ2v) is 3.92. The summed E-state index contributed by atoms with van der Waals surface area (Å²) in [6.45, 7) is 0. The van der Waals surface area contributed by atoms with E-state index in [0.29, 0.717) is 10.2 Å². The molecule has 0 unspecified atom stereocenters. The number of hydrogen-bond acceptors (Lipinski definition) is 1. The van der Waals surface area contributed by atoms with Gasteiger partial charge in [-0.1, -0.05) is 27.5 Å². The van der Waals surface area contributed by atoms with Crippen LogP contribution < -0.4 is 0 Å². The monoisotopic (exact) mass is 333 g/mol. The first-order chi connectivity index (χ1) is 6.07. The summed E-state index contributed by atoms with van der Waals surface area (Å²) >= 11 is 11.9. The predicted molar refractivity (Wildman–Crippen MR) is 54.5 cm³/mol. The molecule has 0 bridgehead atoms. The molecule has 0 radical (unpaired) electrons. The first kappa shape index (κ1) is 11.3. The van der Waals surface area contributed by atoms with E-state index in [1.807, 2.05) is 0 Å². The number of halogens is 5. The molecule has 6 heteroatoms. The van der Waals surface area contributed by atoms with Crippen molar-refractivity contribution in [1.82, 2.24) is 4.98 Å². The summed E-state index contributed by atoms with van der Waals surface area (Å²) < 4.78 is 25.2. The second-order valence-electron chi connectivity index (χ2n) is 2.23. The van der Waals surface area contributed by atoms with Gasteiger partial charge in [-0.05, 0) is 21.5 Å². The largest absolute Gasteiger partial charge is 0.265 e. The molecule has 13 heavy (non-hydrogen) atoms. The van der Waals surface area contributed by atoms with Gasteiger partial charge in [-0.2, -0.15) is 0 Å². The fraction of sp³-hybridized carbons (Fsp3) is 0.286. The van der Waals surface area contributed by atoms with Crippen molar-refractivity contribution < 1.29 is 8.78 Å². The highest BCUT2D eigenvalue weighted by atomic mass is 79.9. The van der Waals surface area contributed by atoms with Gasteiger partial charge in [-0.3, -0.25) is 0 Å². The van der Waals surface area contributed by atoms with E-state index in [4.69, 9.17) is 11.6 Å². The first-order valence-corrected chi connectivity index (χ1v) is 5.54. The fourth-order valence-electron chi connectivity index (χ4n) is 0.836. The first-order valence-electron chi connectivity index (χ1n) is 3.24. The smallest absolute Gasteiger partial charge is 0.247 e. The highest BCUT2D eigenvalue weighted by molar-refractivity contribution is 9.10. The molecule has 72 valence electrons. The van der Waals surface area contributed by atoms with Gasteiger partial charge in [0.15, 0.2) is 0 Å².